The van der Waals surface area contributed by atoms with Gasteiger partial charge in [0.25, 0.3) is 5.91 Å². The van der Waals surface area contributed by atoms with Crippen molar-refractivity contribution in [3.63, 3.8) is 0 Å². The summed E-state index contributed by atoms with van der Waals surface area (Å²) in [5.41, 5.74) is 2.95. The third-order valence-corrected chi connectivity index (χ3v) is 6.44. The van der Waals surface area contributed by atoms with E-state index in [-0.39, 0.29) is 29.8 Å². The van der Waals surface area contributed by atoms with Crippen molar-refractivity contribution in [3.8, 4) is 11.5 Å². The summed E-state index contributed by atoms with van der Waals surface area (Å²) in [5.74, 6) is 0.459. The number of nitrogens with one attached hydrogen (secondary N) is 2. The third kappa shape index (κ3) is 6.26. The summed E-state index contributed by atoms with van der Waals surface area (Å²) in [6.07, 6.45) is 3.91. The first-order chi connectivity index (χ1) is 16.9. The number of carbonyl (C=O) groups is 3. The van der Waals surface area contributed by atoms with E-state index in [1.807, 2.05) is 43.3 Å². The molecule has 1 aliphatic heterocycles. The molecule has 35 heavy (non-hydrogen) atoms. The van der Waals surface area contributed by atoms with Gasteiger partial charge in [-0.15, -0.1) is 0 Å². The standard InChI is InChI=1S/C27H32N4O4/c1-3-20(28-25(33)17-21-14-15-24(32)29-21)7-6-16-31(2)27(34)19-12-10-18(11-13-19)26-30-22-8-4-5-9-23(22)35-26/h4-5,8-13,20-21H,3,6-7,14-17H2,1-2H3,(H,28,33)(H,29,32)/t20-,21+/m1/s1. The molecular weight excluding hydrogens is 444 g/mol. The van der Waals surface area contributed by atoms with Gasteiger partial charge in [0.2, 0.25) is 17.7 Å². The first kappa shape index (κ1) is 24.4. The van der Waals surface area contributed by atoms with Gasteiger partial charge in [0.1, 0.15) is 5.52 Å². The van der Waals surface area contributed by atoms with Gasteiger partial charge in [-0.05, 0) is 62.1 Å². The molecule has 1 aromatic heterocycles. The quantitative estimate of drug-likeness (QED) is 0.462. The molecule has 2 heterocycles. The van der Waals surface area contributed by atoms with Crippen LogP contribution in [0.25, 0.3) is 22.6 Å². The van der Waals surface area contributed by atoms with Gasteiger partial charge >= 0.3 is 0 Å². The van der Waals surface area contributed by atoms with Crippen LogP contribution in [0.15, 0.2) is 52.9 Å². The highest BCUT2D eigenvalue weighted by atomic mass is 16.3. The highest BCUT2D eigenvalue weighted by Crippen LogP contribution is 2.24. The molecule has 0 spiro atoms. The second-order valence-corrected chi connectivity index (χ2v) is 9.11. The second-order valence-electron chi connectivity index (χ2n) is 9.11. The van der Waals surface area contributed by atoms with Crippen LogP contribution in [0.2, 0.25) is 0 Å². The van der Waals surface area contributed by atoms with Gasteiger partial charge < -0.3 is 20.0 Å². The fraction of sp³-hybridized carbons (Fsp3) is 0.407. The van der Waals surface area contributed by atoms with Gasteiger partial charge in [0, 0.05) is 49.6 Å². The minimum absolute atomic E-state index is 0.0170. The topological polar surface area (TPSA) is 105 Å². The number of aromatic nitrogens is 1. The van der Waals surface area contributed by atoms with Gasteiger partial charge in [-0.25, -0.2) is 4.98 Å². The number of nitrogens with zero attached hydrogens (tertiary/aromatic N) is 2. The van der Waals surface area contributed by atoms with Crippen LogP contribution in [-0.2, 0) is 9.59 Å². The third-order valence-electron chi connectivity index (χ3n) is 6.44. The molecule has 2 atom stereocenters. The van der Waals surface area contributed by atoms with Crippen molar-refractivity contribution < 1.29 is 18.8 Å². The van der Waals surface area contributed by atoms with Crippen molar-refractivity contribution in [1.29, 1.82) is 0 Å². The smallest absolute Gasteiger partial charge is 0.253 e. The summed E-state index contributed by atoms with van der Waals surface area (Å²) in [6, 6.07) is 14.9. The number of benzene rings is 2. The van der Waals surface area contributed by atoms with Crippen molar-refractivity contribution >= 4 is 28.8 Å². The van der Waals surface area contributed by atoms with Gasteiger partial charge in [0.15, 0.2) is 5.58 Å². The first-order valence-electron chi connectivity index (χ1n) is 12.2. The van der Waals surface area contributed by atoms with Crippen molar-refractivity contribution in [2.75, 3.05) is 13.6 Å². The van der Waals surface area contributed by atoms with E-state index in [1.165, 1.54) is 0 Å². The second kappa shape index (κ2) is 11.2. The molecule has 3 amide bonds. The predicted octanol–water partition coefficient (Wildman–Crippen LogP) is 3.91. The fourth-order valence-electron chi connectivity index (χ4n) is 4.37. The van der Waals surface area contributed by atoms with Crippen LogP contribution >= 0.6 is 0 Å². The minimum Gasteiger partial charge on any atom is -0.436 e. The van der Waals surface area contributed by atoms with E-state index in [0.29, 0.717) is 37.3 Å². The van der Waals surface area contributed by atoms with Gasteiger partial charge in [-0.3, -0.25) is 14.4 Å². The summed E-state index contributed by atoms with van der Waals surface area (Å²) in [5, 5.41) is 5.89. The summed E-state index contributed by atoms with van der Waals surface area (Å²) < 4.78 is 5.80. The Balaban J connectivity index is 1.24. The molecule has 0 saturated carbocycles. The molecule has 2 N–H and O–H groups in total. The lowest BCUT2D eigenvalue weighted by Crippen LogP contribution is -2.39. The lowest BCUT2D eigenvalue weighted by molar-refractivity contribution is -0.122. The number of oxazole rings is 1. The number of fused-ring (bicyclic) bond motifs is 1. The monoisotopic (exact) mass is 476 g/mol. The molecule has 1 saturated heterocycles. The van der Waals surface area contributed by atoms with Crippen molar-refractivity contribution in [2.45, 2.75) is 57.5 Å². The van der Waals surface area contributed by atoms with Gasteiger partial charge in [-0.1, -0.05) is 19.1 Å². The number of hydrogen-bond donors (Lipinski definition) is 2. The Morgan fingerprint density at radius 1 is 1.20 bits per heavy atom. The van der Waals surface area contributed by atoms with Crippen LogP contribution in [0.3, 0.4) is 0 Å². The molecule has 1 fully saturated rings. The predicted molar refractivity (Wildman–Crippen MR) is 134 cm³/mol. The van der Waals surface area contributed by atoms with Crippen molar-refractivity contribution in [3.05, 3.63) is 54.1 Å². The van der Waals surface area contributed by atoms with E-state index in [4.69, 9.17) is 4.42 Å². The number of hydrogen-bond acceptors (Lipinski definition) is 5. The Morgan fingerprint density at radius 3 is 2.66 bits per heavy atom. The molecule has 8 heteroatoms. The summed E-state index contributed by atoms with van der Waals surface area (Å²) in [6.45, 7) is 2.63. The zero-order chi connectivity index (χ0) is 24.8. The largest absolute Gasteiger partial charge is 0.436 e. The molecule has 4 rings (SSSR count). The van der Waals surface area contributed by atoms with E-state index in [2.05, 4.69) is 15.6 Å². The average Bonchev–Trinajstić information content (AvgIpc) is 3.48. The minimum atomic E-state index is -0.0576. The lowest BCUT2D eigenvalue weighted by atomic mass is 10.1. The molecule has 0 bridgehead atoms. The zero-order valence-electron chi connectivity index (χ0n) is 20.3. The number of amides is 3. The summed E-state index contributed by atoms with van der Waals surface area (Å²) in [4.78, 5) is 42.7. The van der Waals surface area contributed by atoms with Crippen LogP contribution in [0, 0.1) is 0 Å². The Hall–Kier alpha value is -3.68. The van der Waals surface area contributed by atoms with Crippen LogP contribution in [0.1, 0.15) is 55.8 Å². The molecule has 1 aliphatic rings. The van der Waals surface area contributed by atoms with E-state index < -0.39 is 0 Å². The fourth-order valence-corrected chi connectivity index (χ4v) is 4.37. The van der Waals surface area contributed by atoms with E-state index >= 15 is 0 Å². The Labute approximate surface area is 205 Å². The first-order valence-corrected chi connectivity index (χ1v) is 12.2. The Morgan fingerprint density at radius 2 is 1.97 bits per heavy atom. The molecule has 8 nitrogen and oxygen atoms in total. The highest BCUT2D eigenvalue weighted by molar-refractivity contribution is 5.94. The van der Waals surface area contributed by atoms with E-state index in [0.717, 1.165) is 35.9 Å². The van der Waals surface area contributed by atoms with Crippen LogP contribution in [-0.4, -0.2) is 53.3 Å². The Kier molecular flexibility index (Phi) is 7.80. The molecular formula is C27H32N4O4. The van der Waals surface area contributed by atoms with Crippen molar-refractivity contribution in [1.82, 2.24) is 20.5 Å². The highest BCUT2D eigenvalue weighted by Gasteiger charge is 2.24. The van der Waals surface area contributed by atoms with Gasteiger partial charge in [0.05, 0.1) is 0 Å². The molecule has 2 aromatic carbocycles. The van der Waals surface area contributed by atoms with Crippen LogP contribution in [0.4, 0.5) is 0 Å². The van der Waals surface area contributed by atoms with E-state index in [1.54, 1.807) is 24.1 Å². The molecule has 3 aromatic rings. The maximum Gasteiger partial charge on any atom is 0.253 e. The maximum absolute atomic E-state index is 12.9. The van der Waals surface area contributed by atoms with Gasteiger partial charge in [-0.2, -0.15) is 0 Å². The number of rotatable bonds is 10. The molecule has 0 radical (unpaired) electrons. The average molecular weight is 477 g/mol. The SMILES string of the molecule is CC[C@H](CCCN(C)C(=O)c1ccc(-c2nc3ccccc3o2)cc1)NC(=O)C[C@@H]1CCC(=O)N1. The number of para-hydroxylation sites is 2. The Bertz CT molecular complexity index is 1150. The number of carbonyl (C=O) groups excluding carboxylic acids is 3. The van der Waals surface area contributed by atoms with Crippen LogP contribution in [0.5, 0.6) is 0 Å². The summed E-state index contributed by atoms with van der Waals surface area (Å²) in [7, 11) is 1.79. The van der Waals surface area contributed by atoms with E-state index in [9.17, 15) is 14.4 Å². The summed E-state index contributed by atoms with van der Waals surface area (Å²) >= 11 is 0. The maximum atomic E-state index is 12.9. The lowest BCUT2D eigenvalue weighted by Gasteiger charge is -2.21. The molecule has 184 valence electrons. The normalized spacial score (nSPS) is 16.2. The van der Waals surface area contributed by atoms with Crippen LogP contribution < -0.4 is 10.6 Å². The van der Waals surface area contributed by atoms with Crippen molar-refractivity contribution in [2.24, 2.45) is 0 Å². The molecule has 0 aliphatic carbocycles. The molecule has 0 unspecified atom stereocenters. The zero-order valence-corrected chi connectivity index (χ0v) is 20.3.